The molecule has 1 amide bonds. The third-order valence-electron chi connectivity index (χ3n) is 5.47. The molecule has 3 N–H and O–H groups in total. The Labute approximate surface area is 175 Å². The number of nitrogens with zero attached hydrogens (tertiary/aromatic N) is 2. The molecule has 30 heavy (non-hydrogen) atoms. The number of fused-ring (bicyclic) bond motifs is 1. The number of benzene rings is 3. The number of carbonyl (C=O) groups is 1. The van der Waals surface area contributed by atoms with E-state index in [1.54, 1.807) is 24.3 Å². The molecule has 0 spiro atoms. The van der Waals surface area contributed by atoms with Gasteiger partial charge in [-0.2, -0.15) is 0 Å². The molecule has 8 heteroatoms. The zero-order valence-corrected chi connectivity index (χ0v) is 17.2. The van der Waals surface area contributed by atoms with Gasteiger partial charge in [0, 0.05) is 42.9 Å². The van der Waals surface area contributed by atoms with Gasteiger partial charge in [-0.05, 0) is 35.2 Å². The summed E-state index contributed by atoms with van der Waals surface area (Å²) in [6.07, 6.45) is -0.922. The van der Waals surface area contributed by atoms with Crippen LogP contribution in [-0.2, 0) is 15.6 Å². The van der Waals surface area contributed by atoms with E-state index in [4.69, 9.17) is 10.8 Å². The van der Waals surface area contributed by atoms with Crippen LogP contribution in [0.15, 0.2) is 65.6 Å². The van der Waals surface area contributed by atoms with Crippen molar-refractivity contribution in [3.8, 4) is 0 Å². The van der Waals surface area contributed by atoms with Crippen molar-refractivity contribution in [2.24, 2.45) is 0 Å². The van der Waals surface area contributed by atoms with E-state index in [-0.39, 0.29) is 5.75 Å². The van der Waals surface area contributed by atoms with E-state index in [0.717, 1.165) is 11.1 Å². The van der Waals surface area contributed by atoms with Crippen LogP contribution in [0, 0.1) is 0 Å². The van der Waals surface area contributed by atoms with Crippen LogP contribution in [0.1, 0.15) is 5.56 Å². The van der Waals surface area contributed by atoms with Crippen LogP contribution >= 0.6 is 0 Å². The first kappa shape index (κ1) is 20.0. The molecular weight excluding hydrogens is 402 g/mol. The number of carboxylic acid groups (broad SMARTS) is 1. The minimum absolute atomic E-state index is 0.199. The number of nitrogen functional groups attached to an aromatic ring is 1. The maximum absolute atomic E-state index is 13.2. The molecule has 1 aliphatic heterocycles. The summed E-state index contributed by atoms with van der Waals surface area (Å²) < 4.78 is 26.5. The summed E-state index contributed by atoms with van der Waals surface area (Å²) in [7, 11) is -3.61. The van der Waals surface area contributed by atoms with Gasteiger partial charge >= 0.3 is 6.09 Å². The SMILES string of the molecule is Nc1ccc(N2CCN(C(=O)O)CC2)cc1CS(=O)(=O)c1cccc2ccccc12. The van der Waals surface area contributed by atoms with E-state index < -0.39 is 15.9 Å². The van der Waals surface area contributed by atoms with Crippen molar-refractivity contribution in [3.05, 3.63) is 66.2 Å². The molecule has 1 aliphatic rings. The third-order valence-corrected chi connectivity index (χ3v) is 7.19. The lowest BCUT2D eigenvalue weighted by atomic mass is 10.1. The van der Waals surface area contributed by atoms with Crippen LogP contribution in [0.5, 0.6) is 0 Å². The van der Waals surface area contributed by atoms with Gasteiger partial charge in [-0.3, -0.25) is 0 Å². The van der Waals surface area contributed by atoms with Crippen LogP contribution in [0.25, 0.3) is 10.8 Å². The summed E-state index contributed by atoms with van der Waals surface area (Å²) in [4.78, 5) is 14.8. The van der Waals surface area contributed by atoms with Gasteiger partial charge in [-0.15, -0.1) is 0 Å². The molecule has 3 aromatic carbocycles. The van der Waals surface area contributed by atoms with Gasteiger partial charge in [0.2, 0.25) is 0 Å². The Kier molecular flexibility index (Phi) is 5.26. The smallest absolute Gasteiger partial charge is 0.407 e. The first-order valence-electron chi connectivity index (χ1n) is 9.67. The van der Waals surface area contributed by atoms with Crippen molar-refractivity contribution in [1.82, 2.24) is 4.90 Å². The Balaban J connectivity index is 1.61. The number of sulfone groups is 1. The lowest BCUT2D eigenvalue weighted by Crippen LogP contribution is -2.48. The normalized spacial score (nSPS) is 14.8. The minimum atomic E-state index is -3.61. The second kappa shape index (κ2) is 7.87. The quantitative estimate of drug-likeness (QED) is 0.622. The second-order valence-electron chi connectivity index (χ2n) is 7.38. The number of nitrogens with two attached hydrogens (primary N) is 1. The van der Waals surface area contributed by atoms with Crippen LogP contribution in [0.3, 0.4) is 0 Å². The van der Waals surface area contributed by atoms with Gasteiger partial charge in [0.05, 0.1) is 10.6 Å². The van der Waals surface area contributed by atoms with Gasteiger partial charge in [0.25, 0.3) is 0 Å². The van der Waals surface area contributed by atoms with Crippen LogP contribution in [0.2, 0.25) is 0 Å². The fraction of sp³-hybridized carbons (Fsp3) is 0.227. The topological polar surface area (TPSA) is 104 Å². The number of anilines is 2. The fourth-order valence-corrected chi connectivity index (χ4v) is 5.44. The maximum Gasteiger partial charge on any atom is 0.407 e. The average Bonchev–Trinajstić information content (AvgIpc) is 2.75. The highest BCUT2D eigenvalue weighted by Crippen LogP contribution is 2.29. The molecule has 0 radical (unpaired) electrons. The van der Waals surface area contributed by atoms with Gasteiger partial charge in [-0.1, -0.05) is 36.4 Å². The summed E-state index contributed by atoms with van der Waals surface area (Å²) in [5.41, 5.74) is 7.92. The minimum Gasteiger partial charge on any atom is -0.465 e. The monoisotopic (exact) mass is 425 g/mol. The summed E-state index contributed by atoms with van der Waals surface area (Å²) in [5.74, 6) is -0.199. The van der Waals surface area contributed by atoms with Gasteiger partial charge < -0.3 is 20.6 Å². The molecule has 7 nitrogen and oxygen atoms in total. The molecule has 0 aliphatic carbocycles. The third kappa shape index (κ3) is 3.91. The summed E-state index contributed by atoms with van der Waals surface area (Å²) in [5, 5.41) is 10.7. The fourth-order valence-electron chi connectivity index (χ4n) is 3.82. The maximum atomic E-state index is 13.2. The lowest BCUT2D eigenvalue weighted by Gasteiger charge is -2.34. The Morgan fingerprint density at radius 1 is 0.967 bits per heavy atom. The number of hydrogen-bond donors (Lipinski definition) is 2. The molecule has 0 aromatic heterocycles. The van der Waals surface area contributed by atoms with E-state index in [0.29, 0.717) is 47.7 Å². The molecule has 4 rings (SSSR count). The van der Waals surface area contributed by atoms with E-state index in [9.17, 15) is 13.2 Å². The summed E-state index contributed by atoms with van der Waals surface area (Å²) in [6, 6.07) is 18.0. The van der Waals surface area contributed by atoms with Crippen molar-refractivity contribution in [3.63, 3.8) is 0 Å². The predicted octanol–water partition coefficient (Wildman–Crippen LogP) is 3.20. The number of piperazine rings is 1. The Hall–Kier alpha value is -3.26. The van der Waals surface area contributed by atoms with E-state index >= 15 is 0 Å². The van der Waals surface area contributed by atoms with Gasteiger partial charge in [0.15, 0.2) is 9.84 Å². The largest absolute Gasteiger partial charge is 0.465 e. The molecule has 0 unspecified atom stereocenters. The van der Waals surface area contributed by atoms with Crippen LogP contribution in [-0.4, -0.2) is 50.7 Å². The first-order chi connectivity index (χ1) is 14.3. The molecule has 1 heterocycles. The molecule has 3 aromatic rings. The molecule has 156 valence electrons. The zero-order valence-electron chi connectivity index (χ0n) is 16.4. The van der Waals surface area contributed by atoms with Gasteiger partial charge in [-0.25, -0.2) is 13.2 Å². The average molecular weight is 426 g/mol. The van der Waals surface area contributed by atoms with Crippen LogP contribution < -0.4 is 10.6 Å². The Morgan fingerprint density at radius 3 is 2.40 bits per heavy atom. The van der Waals surface area contributed by atoms with Crippen molar-refractivity contribution >= 4 is 38.1 Å². The van der Waals surface area contributed by atoms with Crippen LogP contribution in [0.4, 0.5) is 16.2 Å². The first-order valence-corrected chi connectivity index (χ1v) is 11.3. The summed E-state index contributed by atoms with van der Waals surface area (Å²) >= 11 is 0. The Morgan fingerprint density at radius 2 is 1.67 bits per heavy atom. The standard InChI is InChI=1S/C22H23N3O4S/c23-20-9-8-18(24-10-12-25(13-11-24)22(26)27)14-17(20)15-30(28,29)21-7-3-5-16-4-1-2-6-19(16)21/h1-9,14H,10-13,15,23H2,(H,26,27). The molecule has 0 atom stereocenters. The molecule has 0 saturated carbocycles. The van der Waals surface area contributed by atoms with Crippen molar-refractivity contribution < 1.29 is 18.3 Å². The second-order valence-corrected chi connectivity index (χ2v) is 9.33. The molecule has 1 fully saturated rings. The molecular formula is C22H23N3O4S. The van der Waals surface area contributed by atoms with Crippen molar-refractivity contribution in [2.75, 3.05) is 36.8 Å². The number of rotatable bonds is 4. The van der Waals surface area contributed by atoms with E-state index in [2.05, 4.69) is 0 Å². The summed E-state index contributed by atoms with van der Waals surface area (Å²) in [6.45, 7) is 1.91. The highest BCUT2D eigenvalue weighted by atomic mass is 32.2. The van der Waals surface area contributed by atoms with E-state index in [1.807, 2.05) is 41.3 Å². The van der Waals surface area contributed by atoms with Crippen molar-refractivity contribution in [1.29, 1.82) is 0 Å². The Bertz CT molecular complexity index is 1200. The molecule has 1 saturated heterocycles. The predicted molar refractivity (Wildman–Crippen MR) is 118 cm³/mol. The number of amides is 1. The van der Waals surface area contributed by atoms with Gasteiger partial charge in [0.1, 0.15) is 0 Å². The highest BCUT2D eigenvalue weighted by molar-refractivity contribution is 7.90. The highest BCUT2D eigenvalue weighted by Gasteiger charge is 2.23. The van der Waals surface area contributed by atoms with E-state index in [1.165, 1.54) is 4.90 Å². The number of hydrogen-bond acceptors (Lipinski definition) is 5. The lowest BCUT2D eigenvalue weighted by molar-refractivity contribution is 0.142. The molecule has 0 bridgehead atoms. The van der Waals surface area contributed by atoms with Crippen molar-refractivity contribution in [2.45, 2.75) is 10.6 Å². The zero-order chi connectivity index (χ0) is 21.3.